The van der Waals surface area contributed by atoms with Crippen molar-refractivity contribution in [3.05, 3.63) is 17.2 Å². The van der Waals surface area contributed by atoms with Crippen molar-refractivity contribution >= 4 is 22.6 Å². The highest BCUT2D eigenvalue weighted by atomic mass is 35.5. The lowest BCUT2D eigenvalue weighted by atomic mass is 10.3. The number of fused-ring (bicyclic) bond motifs is 1. The molecule has 0 radical (unpaired) electrons. The van der Waals surface area contributed by atoms with Gasteiger partial charge in [0.15, 0.2) is 5.52 Å². The number of H-pyrrole nitrogens is 1. The third-order valence-electron chi connectivity index (χ3n) is 1.38. The van der Waals surface area contributed by atoms with Crippen LogP contribution in [-0.2, 0) is 0 Å². The van der Waals surface area contributed by atoms with Gasteiger partial charge in [-0.3, -0.25) is 5.10 Å². The first-order valence-electron chi connectivity index (χ1n) is 2.96. The van der Waals surface area contributed by atoms with Gasteiger partial charge in [-0.15, -0.1) is 5.10 Å². The minimum Gasteiger partial charge on any atom is -0.505 e. The summed E-state index contributed by atoms with van der Waals surface area (Å²) in [4.78, 5) is 0. The summed E-state index contributed by atoms with van der Waals surface area (Å²) in [6, 6.07) is 3.07. The molecule has 4 nitrogen and oxygen atoms in total. The molecular weight excluding hydrogens is 166 g/mol. The van der Waals surface area contributed by atoms with E-state index in [4.69, 9.17) is 11.6 Å². The number of benzene rings is 1. The van der Waals surface area contributed by atoms with Crippen LogP contribution in [0.4, 0.5) is 0 Å². The van der Waals surface area contributed by atoms with E-state index in [1.807, 2.05) is 0 Å². The molecule has 0 fully saturated rings. The van der Waals surface area contributed by atoms with Crippen LogP contribution in [0, 0.1) is 0 Å². The molecule has 2 N–H and O–H groups in total. The first-order chi connectivity index (χ1) is 5.27. The van der Waals surface area contributed by atoms with Gasteiger partial charge in [0.1, 0.15) is 5.75 Å². The molecule has 0 unspecified atom stereocenters. The van der Waals surface area contributed by atoms with Crippen molar-refractivity contribution in [1.82, 2.24) is 15.4 Å². The first kappa shape index (κ1) is 6.42. The summed E-state index contributed by atoms with van der Waals surface area (Å²) >= 11 is 5.65. The fraction of sp³-hybridized carbons (Fsp3) is 0. The Balaban J connectivity index is 2.91. The van der Waals surface area contributed by atoms with Crippen LogP contribution in [0.2, 0.25) is 5.02 Å². The van der Waals surface area contributed by atoms with Crippen molar-refractivity contribution < 1.29 is 5.11 Å². The Morgan fingerprint density at radius 3 is 3.09 bits per heavy atom. The van der Waals surface area contributed by atoms with Crippen LogP contribution in [-0.4, -0.2) is 20.5 Å². The highest BCUT2D eigenvalue weighted by Crippen LogP contribution is 2.24. The topological polar surface area (TPSA) is 61.8 Å². The summed E-state index contributed by atoms with van der Waals surface area (Å²) < 4.78 is 0. The van der Waals surface area contributed by atoms with Gasteiger partial charge in [0, 0.05) is 11.1 Å². The first-order valence-corrected chi connectivity index (χ1v) is 3.34. The number of nitrogens with zero attached hydrogens (tertiary/aromatic N) is 2. The van der Waals surface area contributed by atoms with Crippen LogP contribution in [0.25, 0.3) is 11.0 Å². The molecule has 0 spiro atoms. The zero-order valence-electron chi connectivity index (χ0n) is 5.37. The number of hydrogen-bond donors (Lipinski definition) is 2. The Hall–Kier alpha value is -1.29. The molecule has 0 amide bonds. The number of aromatic amines is 1. The molecule has 2 aromatic rings. The fourth-order valence-corrected chi connectivity index (χ4v) is 1.12. The van der Waals surface area contributed by atoms with Crippen molar-refractivity contribution in [2.75, 3.05) is 0 Å². The molecule has 56 valence electrons. The van der Waals surface area contributed by atoms with Crippen molar-refractivity contribution in [1.29, 1.82) is 0 Å². The van der Waals surface area contributed by atoms with E-state index in [0.717, 1.165) is 0 Å². The van der Waals surface area contributed by atoms with Gasteiger partial charge in [0.2, 0.25) is 0 Å². The fourth-order valence-electron chi connectivity index (χ4n) is 0.904. The van der Waals surface area contributed by atoms with E-state index in [1.54, 1.807) is 6.07 Å². The second-order valence-electron chi connectivity index (χ2n) is 2.13. The molecule has 0 saturated heterocycles. The molecule has 5 heteroatoms. The predicted molar refractivity (Wildman–Crippen MR) is 40.6 cm³/mol. The Kier molecular flexibility index (Phi) is 1.22. The molecule has 0 aliphatic rings. The molecule has 1 aromatic heterocycles. The molecule has 0 aliphatic heterocycles. The quantitative estimate of drug-likeness (QED) is 0.625. The second kappa shape index (κ2) is 2.10. The Morgan fingerprint density at radius 1 is 1.45 bits per heavy atom. The van der Waals surface area contributed by atoms with Crippen molar-refractivity contribution in [2.45, 2.75) is 0 Å². The predicted octanol–water partition coefficient (Wildman–Crippen LogP) is 1.32. The van der Waals surface area contributed by atoms with E-state index in [-0.39, 0.29) is 5.75 Å². The molecule has 1 aromatic carbocycles. The van der Waals surface area contributed by atoms with Gasteiger partial charge in [0.05, 0.1) is 5.52 Å². The highest BCUT2D eigenvalue weighted by Gasteiger charge is 2.03. The maximum atomic E-state index is 9.23. The minimum atomic E-state index is 0.0428. The van der Waals surface area contributed by atoms with Crippen LogP contribution in [0.15, 0.2) is 12.1 Å². The summed E-state index contributed by atoms with van der Waals surface area (Å²) in [7, 11) is 0. The number of aromatic nitrogens is 3. The molecule has 0 bridgehead atoms. The average Bonchev–Trinajstić information content (AvgIpc) is 2.34. The molecular formula is C6H4ClN3O. The van der Waals surface area contributed by atoms with Crippen molar-refractivity contribution in [3.63, 3.8) is 0 Å². The maximum absolute atomic E-state index is 9.23. The summed E-state index contributed by atoms with van der Waals surface area (Å²) in [6.07, 6.45) is 0. The van der Waals surface area contributed by atoms with Gasteiger partial charge in [-0.05, 0) is 6.07 Å². The third-order valence-corrected chi connectivity index (χ3v) is 1.59. The maximum Gasteiger partial charge on any atom is 0.154 e. The van der Waals surface area contributed by atoms with Crippen LogP contribution in [0.1, 0.15) is 0 Å². The van der Waals surface area contributed by atoms with Gasteiger partial charge in [-0.25, -0.2) is 0 Å². The van der Waals surface area contributed by atoms with Gasteiger partial charge < -0.3 is 5.11 Å². The normalized spacial score (nSPS) is 10.6. The molecule has 11 heavy (non-hydrogen) atoms. The second-order valence-corrected chi connectivity index (χ2v) is 2.57. The number of halogens is 1. The third kappa shape index (κ3) is 0.914. The minimum absolute atomic E-state index is 0.0428. The average molecular weight is 170 g/mol. The van der Waals surface area contributed by atoms with Gasteiger partial charge in [0.25, 0.3) is 0 Å². The Labute approximate surface area is 66.8 Å². The number of nitrogens with one attached hydrogen (secondary N) is 1. The highest BCUT2D eigenvalue weighted by molar-refractivity contribution is 6.31. The van der Waals surface area contributed by atoms with E-state index >= 15 is 0 Å². The van der Waals surface area contributed by atoms with Crippen molar-refractivity contribution in [3.8, 4) is 5.75 Å². The van der Waals surface area contributed by atoms with Gasteiger partial charge in [-0.1, -0.05) is 16.8 Å². The molecule has 0 atom stereocenters. The Morgan fingerprint density at radius 2 is 2.27 bits per heavy atom. The molecule has 2 rings (SSSR count). The monoisotopic (exact) mass is 169 g/mol. The van der Waals surface area contributed by atoms with E-state index in [1.165, 1.54) is 6.07 Å². The lowest BCUT2D eigenvalue weighted by Gasteiger charge is -1.92. The van der Waals surface area contributed by atoms with Crippen molar-refractivity contribution in [2.24, 2.45) is 0 Å². The zero-order valence-corrected chi connectivity index (χ0v) is 6.13. The smallest absolute Gasteiger partial charge is 0.154 e. The standard InChI is InChI=1S/C6H4ClN3O/c7-3-1-4-6(5(11)2-3)9-10-8-4/h1-2,11H,(H,8,9,10). The largest absolute Gasteiger partial charge is 0.505 e. The van der Waals surface area contributed by atoms with Crippen LogP contribution < -0.4 is 0 Å². The number of phenolic OH excluding ortho intramolecular Hbond substituents is 1. The van der Waals surface area contributed by atoms with E-state index in [0.29, 0.717) is 16.1 Å². The molecule has 0 saturated carbocycles. The molecule has 1 heterocycles. The lowest BCUT2D eigenvalue weighted by molar-refractivity contribution is 0.480. The van der Waals surface area contributed by atoms with Crippen LogP contribution in [0.5, 0.6) is 5.75 Å². The summed E-state index contributed by atoms with van der Waals surface area (Å²) in [5.41, 5.74) is 1.07. The molecule has 0 aliphatic carbocycles. The van der Waals surface area contributed by atoms with Crippen LogP contribution >= 0.6 is 11.6 Å². The summed E-state index contributed by atoms with van der Waals surface area (Å²) in [5, 5.41) is 19.4. The van der Waals surface area contributed by atoms with E-state index in [9.17, 15) is 5.11 Å². The Bertz CT molecular complexity index is 398. The zero-order chi connectivity index (χ0) is 7.84. The van der Waals surface area contributed by atoms with Gasteiger partial charge >= 0.3 is 0 Å². The number of aromatic hydroxyl groups is 1. The summed E-state index contributed by atoms with van der Waals surface area (Å²) in [6.45, 7) is 0. The van der Waals surface area contributed by atoms with E-state index in [2.05, 4.69) is 15.4 Å². The van der Waals surface area contributed by atoms with Crippen LogP contribution in [0.3, 0.4) is 0 Å². The lowest BCUT2D eigenvalue weighted by Crippen LogP contribution is -1.71. The number of rotatable bonds is 0. The number of phenols is 1. The number of hydrogen-bond acceptors (Lipinski definition) is 3. The van der Waals surface area contributed by atoms with Gasteiger partial charge in [-0.2, -0.15) is 0 Å². The van der Waals surface area contributed by atoms with E-state index < -0.39 is 0 Å². The summed E-state index contributed by atoms with van der Waals surface area (Å²) in [5.74, 6) is 0.0428. The SMILES string of the molecule is Oc1cc(Cl)cc2[nH]nnc12.